The Balaban J connectivity index is 1.49. The van der Waals surface area contributed by atoms with Crippen molar-refractivity contribution in [1.82, 2.24) is 4.57 Å². The van der Waals surface area contributed by atoms with Crippen LogP contribution in [0.15, 0.2) is 160 Å². The Labute approximate surface area is 283 Å². The molecule has 240 valence electrons. The number of aryl methyl sites for hydroxylation is 2. The van der Waals surface area contributed by atoms with Crippen LogP contribution in [0.3, 0.4) is 0 Å². The van der Waals surface area contributed by atoms with E-state index in [0.29, 0.717) is 21.7 Å². The summed E-state index contributed by atoms with van der Waals surface area (Å²) < 4.78 is 42.6. The predicted octanol–water partition coefficient (Wildman–Crippen LogP) is 9.36. The molecule has 8 rings (SSSR count). The van der Waals surface area contributed by atoms with E-state index in [1.54, 1.807) is 24.3 Å². The van der Waals surface area contributed by atoms with Crippen LogP contribution in [0.2, 0.25) is 0 Å². The molecule has 0 saturated heterocycles. The Bertz CT molecular complexity index is 2650. The topological polar surface area (TPSA) is 78.5 Å². The van der Waals surface area contributed by atoms with Crippen LogP contribution in [0, 0.1) is 6.92 Å². The normalized spacial score (nSPS) is 11.9. The lowest BCUT2D eigenvalue weighted by Crippen LogP contribution is -2.14. The molecular formula is C42H31NO5S. The molecule has 6 aromatic carbocycles. The highest BCUT2D eigenvalue weighted by atomic mass is 32.2. The summed E-state index contributed by atoms with van der Waals surface area (Å²) >= 11 is 0. The fourth-order valence-corrected chi connectivity index (χ4v) is 8.12. The minimum Gasteiger partial charge on any atom is -0.388 e. The third-order valence-corrected chi connectivity index (χ3v) is 10.5. The number of hydrogen-bond donors (Lipinski definition) is 0. The van der Waals surface area contributed by atoms with E-state index in [2.05, 4.69) is 28.8 Å². The second-order valence-corrected chi connectivity index (χ2v) is 13.7. The number of nitrogens with zero attached hydrogens (tertiary/aromatic N) is 1. The lowest BCUT2D eigenvalue weighted by Gasteiger charge is -2.23. The molecule has 0 atom stereocenters. The van der Waals surface area contributed by atoms with Gasteiger partial charge in [-0.15, -0.1) is 0 Å². The van der Waals surface area contributed by atoms with Crippen LogP contribution >= 0.6 is 0 Å². The van der Waals surface area contributed by atoms with Crippen LogP contribution in [0.4, 0.5) is 0 Å². The van der Waals surface area contributed by atoms with Crippen molar-refractivity contribution in [2.75, 3.05) is 0 Å². The summed E-state index contributed by atoms with van der Waals surface area (Å²) in [6, 6.07) is 46.1. The Morgan fingerprint density at radius 2 is 1.24 bits per heavy atom. The molecule has 0 fully saturated rings. The molecule has 0 saturated carbocycles. The second kappa shape index (κ2) is 12.0. The molecule has 49 heavy (non-hydrogen) atoms. The number of benzene rings is 6. The van der Waals surface area contributed by atoms with Crippen molar-refractivity contribution in [2.45, 2.75) is 17.7 Å². The molecule has 8 aromatic rings. The molecular weight excluding hydrogens is 631 g/mol. The molecule has 2 aromatic heterocycles. The van der Waals surface area contributed by atoms with Crippen molar-refractivity contribution in [3.63, 3.8) is 0 Å². The van der Waals surface area contributed by atoms with Crippen LogP contribution in [-0.2, 0) is 17.2 Å². The molecule has 2 heterocycles. The summed E-state index contributed by atoms with van der Waals surface area (Å²) in [5, 5.41) is 2.97. The summed E-state index contributed by atoms with van der Waals surface area (Å²) in [5.41, 5.74) is 5.23. The summed E-state index contributed by atoms with van der Waals surface area (Å²) in [6.07, 6.45) is 0. The van der Waals surface area contributed by atoms with Gasteiger partial charge < -0.3 is 13.2 Å². The maximum absolute atomic E-state index is 14.3. The smallest absolute Gasteiger partial charge is 0.346 e. The van der Waals surface area contributed by atoms with E-state index in [1.807, 2.05) is 105 Å². The summed E-state index contributed by atoms with van der Waals surface area (Å²) in [4.78, 5) is 13.6. The van der Waals surface area contributed by atoms with Gasteiger partial charge in [0.15, 0.2) is 0 Å². The summed E-state index contributed by atoms with van der Waals surface area (Å²) in [5.74, 6) is -0.655. The lowest BCUT2D eigenvalue weighted by atomic mass is 9.84. The fraction of sp³-hybridized carbons (Fsp3) is 0.0714. The summed E-state index contributed by atoms with van der Waals surface area (Å²) in [6.45, 7) is 1.94. The minimum atomic E-state index is -4.49. The van der Waals surface area contributed by atoms with Gasteiger partial charge in [-0.2, -0.15) is 8.42 Å². The molecule has 7 heteroatoms. The SMILES string of the molecule is Cc1ccc2c(=O)oc(OS(=O)(=O)c3cccc4ccccc34)c(-c3c(C(c4ccccc4)c4ccccc4)n(C)c4ccccc34)c2c1. The van der Waals surface area contributed by atoms with Crippen molar-refractivity contribution >= 4 is 42.6 Å². The molecule has 0 aliphatic carbocycles. The van der Waals surface area contributed by atoms with E-state index in [9.17, 15) is 13.2 Å². The molecule has 0 aliphatic heterocycles. The standard InChI is InChI=1S/C42H31NO5S/c1-27-24-25-32-34(26-27)39(42(47-41(32)44)48-49(45,46)36-23-13-19-28-14-9-10-20-31(28)36)38-33-21-11-12-22-35(33)43(2)40(38)37(29-15-5-3-6-16-29)30-17-7-4-8-18-30/h3-26,37H,1-2H3. The van der Waals surface area contributed by atoms with Gasteiger partial charge in [0.2, 0.25) is 0 Å². The number of hydrogen-bond acceptors (Lipinski definition) is 5. The van der Waals surface area contributed by atoms with E-state index in [0.717, 1.165) is 44.2 Å². The van der Waals surface area contributed by atoms with Crippen LogP contribution in [0.1, 0.15) is 28.3 Å². The lowest BCUT2D eigenvalue weighted by molar-refractivity contribution is 0.364. The van der Waals surface area contributed by atoms with Crippen molar-refractivity contribution in [3.05, 3.63) is 178 Å². The van der Waals surface area contributed by atoms with E-state index < -0.39 is 15.7 Å². The molecule has 0 unspecified atom stereocenters. The van der Waals surface area contributed by atoms with Crippen molar-refractivity contribution in [3.8, 4) is 17.1 Å². The second-order valence-electron chi connectivity index (χ2n) is 12.2. The molecule has 0 spiro atoms. The van der Waals surface area contributed by atoms with E-state index in [4.69, 9.17) is 8.60 Å². The molecule has 0 aliphatic rings. The van der Waals surface area contributed by atoms with Crippen LogP contribution in [-0.4, -0.2) is 13.0 Å². The third-order valence-electron chi connectivity index (χ3n) is 9.20. The fourth-order valence-electron chi connectivity index (χ4n) is 7.01. The van der Waals surface area contributed by atoms with Crippen LogP contribution in [0.25, 0.3) is 43.6 Å². The zero-order valence-corrected chi connectivity index (χ0v) is 27.6. The van der Waals surface area contributed by atoms with Gasteiger partial charge in [0.1, 0.15) is 4.90 Å². The van der Waals surface area contributed by atoms with Crippen molar-refractivity contribution in [1.29, 1.82) is 0 Å². The Morgan fingerprint density at radius 3 is 1.96 bits per heavy atom. The minimum absolute atomic E-state index is 0.0203. The third kappa shape index (κ3) is 5.19. The summed E-state index contributed by atoms with van der Waals surface area (Å²) in [7, 11) is -2.48. The zero-order chi connectivity index (χ0) is 33.7. The molecule has 0 amide bonds. The van der Waals surface area contributed by atoms with Crippen molar-refractivity contribution < 1.29 is 17.0 Å². The van der Waals surface area contributed by atoms with Gasteiger partial charge in [-0.25, -0.2) is 4.79 Å². The van der Waals surface area contributed by atoms with Gasteiger partial charge in [0.25, 0.3) is 0 Å². The predicted molar refractivity (Wildman–Crippen MR) is 195 cm³/mol. The van der Waals surface area contributed by atoms with Gasteiger partial charge in [0.05, 0.1) is 10.9 Å². The number of aromatic nitrogens is 1. The monoisotopic (exact) mass is 661 g/mol. The van der Waals surface area contributed by atoms with Gasteiger partial charge in [-0.3, -0.25) is 0 Å². The van der Waals surface area contributed by atoms with Gasteiger partial charge in [0, 0.05) is 45.9 Å². The molecule has 0 bridgehead atoms. The highest BCUT2D eigenvalue weighted by Gasteiger charge is 2.33. The molecule has 0 radical (unpaired) electrons. The number of para-hydroxylation sites is 1. The van der Waals surface area contributed by atoms with Gasteiger partial charge in [-0.1, -0.05) is 133 Å². The molecule has 0 N–H and O–H groups in total. The average Bonchev–Trinajstić information content (AvgIpc) is 3.40. The van der Waals surface area contributed by atoms with E-state index in [1.165, 1.54) is 6.07 Å². The van der Waals surface area contributed by atoms with Crippen LogP contribution in [0.5, 0.6) is 5.95 Å². The first-order chi connectivity index (χ1) is 23.8. The number of rotatable bonds is 7. The Hall–Kier alpha value is -5.92. The Kier molecular flexibility index (Phi) is 7.42. The maximum Gasteiger partial charge on any atom is 0.346 e. The molecule has 6 nitrogen and oxygen atoms in total. The highest BCUT2D eigenvalue weighted by Crippen LogP contribution is 2.48. The number of fused-ring (bicyclic) bond motifs is 3. The van der Waals surface area contributed by atoms with E-state index in [-0.39, 0.29) is 16.8 Å². The highest BCUT2D eigenvalue weighted by molar-refractivity contribution is 7.87. The zero-order valence-electron chi connectivity index (χ0n) is 26.8. The average molecular weight is 662 g/mol. The first kappa shape index (κ1) is 30.4. The Morgan fingerprint density at radius 1 is 0.633 bits per heavy atom. The van der Waals surface area contributed by atoms with E-state index >= 15 is 0 Å². The van der Waals surface area contributed by atoms with Crippen molar-refractivity contribution in [2.24, 2.45) is 7.05 Å². The largest absolute Gasteiger partial charge is 0.388 e. The van der Waals surface area contributed by atoms with Crippen LogP contribution < -0.4 is 9.81 Å². The van der Waals surface area contributed by atoms with Gasteiger partial charge >= 0.3 is 21.7 Å². The quantitative estimate of drug-likeness (QED) is 0.159. The van der Waals surface area contributed by atoms with Gasteiger partial charge in [-0.05, 0) is 41.6 Å². The first-order valence-electron chi connectivity index (χ1n) is 16.0. The first-order valence-corrected chi connectivity index (χ1v) is 17.4. The maximum atomic E-state index is 14.3.